The molecule has 4 rings (SSSR count). The van der Waals surface area contributed by atoms with Gasteiger partial charge in [0.2, 0.25) is 5.91 Å². The van der Waals surface area contributed by atoms with E-state index in [-0.39, 0.29) is 47.3 Å². The van der Waals surface area contributed by atoms with Crippen LogP contribution >= 0.6 is 0 Å². The lowest BCUT2D eigenvalue weighted by Gasteiger charge is -2.39. The number of piperazine rings is 1. The Morgan fingerprint density at radius 3 is 2.32 bits per heavy atom. The van der Waals surface area contributed by atoms with Crippen LogP contribution in [0.1, 0.15) is 65.8 Å². The van der Waals surface area contributed by atoms with Crippen molar-refractivity contribution in [1.29, 1.82) is 0 Å². The zero-order valence-electron chi connectivity index (χ0n) is 21.9. The zero-order chi connectivity index (χ0) is 27.2. The number of benzene rings is 2. The van der Waals surface area contributed by atoms with Gasteiger partial charge in [0.25, 0.3) is 0 Å². The first-order valence-corrected chi connectivity index (χ1v) is 13.2. The van der Waals surface area contributed by atoms with Crippen molar-refractivity contribution in [2.45, 2.75) is 58.0 Å². The molecule has 1 heterocycles. The van der Waals surface area contributed by atoms with Gasteiger partial charge in [0.15, 0.2) is 11.6 Å². The maximum absolute atomic E-state index is 13.3. The van der Waals surface area contributed by atoms with E-state index in [2.05, 4.69) is 20.9 Å². The molecule has 1 saturated heterocycles. The number of hydrogen-bond acceptors (Lipinski definition) is 5. The maximum Gasteiger partial charge on any atom is 0.319 e. The van der Waals surface area contributed by atoms with Crippen LogP contribution in [0.25, 0.3) is 0 Å². The second kappa shape index (κ2) is 12.3. The summed E-state index contributed by atoms with van der Waals surface area (Å²) in [4.78, 5) is 51.3. The van der Waals surface area contributed by atoms with Crippen molar-refractivity contribution in [3.05, 3.63) is 65.0 Å². The fraction of sp³-hybridized carbons (Fsp3) is 0.448. The number of hydrogen-bond donors (Lipinski definition) is 3. The van der Waals surface area contributed by atoms with Gasteiger partial charge in [-0.15, -0.1) is 0 Å². The molecule has 38 heavy (non-hydrogen) atoms. The van der Waals surface area contributed by atoms with Crippen LogP contribution in [-0.2, 0) is 11.2 Å². The SMILES string of the molecule is CC(=O)c1cc(NC(=O)N[C@@H]2CCCC[C@H]2CN2CC(=O)N[C@@H](Cc3ccc(F)cc3)C2)cc(C(C)=O)c1. The number of carbonyl (C=O) groups is 4. The van der Waals surface area contributed by atoms with E-state index < -0.39 is 0 Å². The molecule has 0 radical (unpaired) electrons. The van der Waals surface area contributed by atoms with Crippen molar-refractivity contribution in [2.75, 3.05) is 25.0 Å². The van der Waals surface area contributed by atoms with Crippen molar-refractivity contribution in [3.8, 4) is 0 Å². The lowest BCUT2D eigenvalue weighted by atomic mass is 9.84. The van der Waals surface area contributed by atoms with Gasteiger partial charge in [0.1, 0.15) is 5.82 Å². The van der Waals surface area contributed by atoms with E-state index >= 15 is 0 Å². The molecule has 1 saturated carbocycles. The second-order valence-corrected chi connectivity index (χ2v) is 10.5. The van der Waals surface area contributed by atoms with Gasteiger partial charge in [0.05, 0.1) is 6.54 Å². The number of nitrogens with one attached hydrogen (secondary N) is 3. The summed E-state index contributed by atoms with van der Waals surface area (Å²) in [6.45, 7) is 4.51. The number of nitrogens with zero attached hydrogens (tertiary/aromatic N) is 1. The van der Waals surface area contributed by atoms with Gasteiger partial charge in [-0.2, -0.15) is 0 Å². The van der Waals surface area contributed by atoms with Gasteiger partial charge in [-0.25, -0.2) is 9.18 Å². The predicted octanol–water partition coefficient (Wildman–Crippen LogP) is 3.95. The first kappa shape index (κ1) is 27.4. The molecule has 2 aromatic rings. The molecule has 3 N–H and O–H groups in total. The number of halogens is 1. The summed E-state index contributed by atoms with van der Waals surface area (Å²) in [7, 11) is 0. The van der Waals surface area contributed by atoms with E-state index in [1.54, 1.807) is 24.3 Å². The number of carbonyl (C=O) groups excluding carboxylic acids is 4. The Morgan fingerprint density at radius 1 is 1.00 bits per heavy atom. The minimum atomic E-state index is -0.386. The summed E-state index contributed by atoms with van der Waals surface area (Å²) in [5, 5.41) is 8.92. The molecule has 1 aliphatic carbocycles. The molecule has 0 unspecified atom stereocenters. The van der Waals surface area contributed by atoms with E-state index in [1.807, 2.05) is 0 Å². The Bertz CT molecular complexity index is 1170. The van der Waals surface area contributed by atoms with Crippen LogP contribution < -0.4 is 16.0 Å². The summed E-state index contributed by atoms with van der Waals surface area (Å²) >= 11 is 0. The zero-order valence-corrected chi connectivity index (χ0v) is 21.9. The average molecular weight is 523 g/mol. The molecule has 2 aliphatic rings. The van der Waals surface area contributed by atoms with Crippen molar-refractivity contribution in [3.63, 3.8) is 0 Å². The highest BCUT2D eigenvalue weighted by Gasteiger charge is 2.32. The molecule has 1 aliphatic heterocycles. The lowest BCUT2D eigenvalue weighted by Crippen LogP contribution is -2.57. The van der Waals surface area contributed by atoms with Crippen molar-refractivity contribution < 1.29 is 23.6 Å². The third-order valence-electron chi connectivity index (χ3n) is 7.33. The molecule has 3 amide bonds. The summed E-state index contributed by atoms with van der Waals surface area (Å²) in [6.07, 6.45) is 4.47. The minimum Gasteiger partial charge on any atom is -0.351 e. The molecule has 0 aromatic heterocycles. The Morgan fingerprint density at radius 2 is 1.66 bits per heavy atom. The third-order valence-corrected chi connectivity index (χ3v) is 7.33. The normalized spacial score (nSPS) is 21.9. The van der Waals surface area contributed by atoms with Crippen molar-refractivity contribution in [2.24, 2.45) is 5.92 Å². The van der Waals surface area contributed by atoms with Crippen LogP contribution in [0.5, 0.6) is 0 Å². The van der Waals surface area contributed by atoms with E-state index in [1.165, 1.54) is 32.0 Å². The number of urea groups is 1. The Balaban J connectivity index is 1.37. The first-order valence-electron chi connectivity index (χ1n) is 13.2. The molecule has 0 spiro atoms. The lowest BCUT2D eigenvalue weighted by molar-refractivity contribution is -0.125. The molecular weight excluding hydrogens is 487 g/mol. The van der Waals surface area contributed by atoms with Crippen molar-refractivity contribution in [1.82, 2.24) is 15.5 Å². The van der Waals surface area contributed by atoms with Gasteiger partial charge in [-0.1, -0.05) is 25.0 Å². The van der Waals surface area contributed by atoms with Crippen LogP contribution in [0.15, 0.2) is 42.5 Å². The monoisotopic (exact) mass is 522 g/mol. The van der Waals surface area contributed by atoms with E-state index in [0.717, 1.165) is 31.2 Å². The number of rotatable bonds is 8. The number of ketones is 2. The quantitative estimate of drug-likeness (QED) is 0.455. The number of amides is 3. The van der Waals surface area contributed by atoms with Crippen LogP contribution in [0, 0.1) is 11.7 Å². The molecule has 9 heteroatoms. The average Bonchev–Trinajstić information content (AvgIpc) is 2.86. The highest BCUT2D eigenvalue weighted by Crippen LogP contribution is 2.26. The third kappa shape index (κ3) is 7.47. The van der Waals surface area contributed by atoms with Gasteiger partial charge in [-0.05, 0) is 74.9 Å². The second-order valence-electron chi connectivity index (χ2n) is 10.5. The molecule has 2 fully saturated rings. The molecular formula is C29H35FN4O4. The topological polar surface area (TPSA) is 108 Å². The Kier molecular flexibility index (Phi) is 8.89. The highest BCUT2D eigenvalue weighted by atomic mass is 19.1. The summed E-state index contributed by atoms with van der Waals surface area (Å²) in [5.74, 6) is -0.510. The molecule has 202 valence electrons. The van der Waals surface area contributed by atoms with E-state index in [0.29, 0.717) is 42.9 Å². The predicted molar refractivity (Wildman–Crippen MR) is 143 cm³/mol. The van der Waals surface area contributed by atoms with Gasteiger partial charge < -0.3 is 16.0 Å². The highest BCUT2D eigenvalue weighted by molar-refractivity contribution is 6.02. The summed E-state index contributed by atoms with van der Waals surface area (Å²) < 4.78 is 13.3. The van der Waals surface area contributed by atoms with Gasteiger partial charge in [0, 0.05) is 42.0 Å². The molecule has 0 bridgehead atoms. The molecule has 3 atom stereocenters. The smallest absolute Gasteiger partial charge is 0.319 e. The number of Topliss-reactive ketones (excluding diaryl/α,β-unsaturated/α-hetero) is 2. The van der Waals surface area contributed by atoms with Crippen molar-refractivity contribution >= 4 is 29.2 Å². The maximum atomic E-state index is 13.3. The summed E-state index contributed by atoms with van der Waals surface area (Å²) in [5.41, 5.74) is 2.09. The van der Waals surface area contributed by atoms with Crippen LogP contribution in [0.4, 0.5) is 14.9 Å². The standard InChI is InChI=1S/C29H35FN4O4/c1-18(35)22-12-23(19(2)36)14-25(13-22)32-29(38)33-27-6-4-3-5-21(27)15-34-16-26(31-28(37)17-34)11-20-7-9-24(30)10-8-20/h7-10,12-14,21,26-27H,3-6,11,15-17H2,1-2H3,(H,31,37)(H2,32,33,38)/t21-,26-,27+/m0/s1. The molecule has 8 nitrogen and oxygen atoms in total. The van der Waals surface area contributed by atoms with Gasteiger partial charge in [-0.3, -0.25) is 19.3 Å². The van der Waals surface area contributed by atoms with E-state index in [9.17, 15) is 23.6 Å². The van der Waals surface area contributed by atoms with Crippen LogP contribution in [0.2, 0.25) is 0 Å². The minimum absolute atomic E-state index is 0.0342. The Hall–Kier alpha value is -3.59. The first-order chi connectivity index (χ1) is 18.2. The molecule has 2 aromatic carbocycles. The fourth-order valence-corrected chi connectivity index (χ4v) is 5.45. The Labute approximate surface area is 222 Å². The largest absolute Gasteiger partial charge is 0.351 e. The van der Waals surface area contributed by atoms with Gasteiger partial charge >= 0.3 is 6.03 Å². The van der Waals surface area contributed by atoms with Crippen LogP contribution in [0.3, 0.4) is 0 Å². The van der Waals surface area contributed by atoms with E-state index in [4.69, 9.17) is 0 Å². The van der Waals surface area contributed by atoms with Crippen LogP contribution in [-0.4, -0.2) is 60.1 Å². The number of anilines is 1. The fourth-order valence-electron chi connectivity index (χ4n) is 5.45. The summed E-state index contributed by atoms with van der Waals surface area (Å²) in [6, 6.07) is 10.5.